The molecule has 3 unspecified atom stereocenters. The number of fused-ring (bicyclic) bond motifs is 1. The van der Waals surface area contributed by atoms with Gasteiger partial charge in [0, 0.05) is 18.6 Å². The van der Waals surface area contributed by atoms with Crippen molar-refractivity contribution < 1.29 is 13.9 Å². The van der Waals surface area contributed by atoms with Crippen LogP contribution in [0.4, 0.5) is 9.18 Å². The molecule has 2 aliphatic rings. The van der Waals surface area contributed by atoms with Crippen LogP contribution >= 0.6 is 0 Å². The first-order valence-electron chi connectivity index (χ1n) is 7.49. The first-order valence-corrected chi connectivity index (χ1v) is 7.49. The van der Waals surface area contributed by atoms with Gasteiger partial charge in [-0.25, -0.2) is 9.18 Å². The molecule has 21 heavy (non-hydrogen) atoms. The van der Waals surface area contributed by atoms with Crippen molar-refractivity contribution in [1.82, 2.24) is 15.6 Å². The molecular formula is C15H20FN3O2. The van der Waals surface area contributed by atoms with Crippen LogP contribution in [-0.4, -0.2) is 29.8 Å². The minimum atomic E-state index is -0.377. The van der Waals surface area contributed by atoms with Crippen molar-refractivity contribution >= 4 is 6.03 Å². The fourth-order valence-corrected chi connectivity index (χ4v) is 3.26. The molecule has 1 saturated heterocycles. The highest BCUT2D eigenvalue weighted by Crippen LogP contribution is 2.34. The number of hydrogen-bond acceptors (Lipinski definition) is 3. The molecule has 5 nitrogen and oxygen atoms in total. The molecule has 1 aromatic rings. The van der Waals surface area contributed by atoms with Crippen LogP contribution in [0.5, 0.6) is 0 Å². The van der Waals surface area contributed by atoms with Crippen molar-refractivity contribution in [2.75, 3.05) is 6.61 Å². The summed E-state index contributed by atoms with van der Waals surface area (Å²) in [7, 11) is 0. The predicted octanol–water partition coefficient (Wildman–Crippen LogP) is 1.98. The Balaban J connectivity index is 1.48. The zero-order valence-corrected chi connectivity index (χ0v) is 11.8. The highest BCUT2D eigenvalue weighted by molar-refractivity contribution is 5.74. The maximum atomic E-state index is 12.7. The minimum Gasteiger partial charge on any atom is -0.378 e. The number of nitrogens with zero attached hydrogens (tertiary/aromatic N) is 1. The van der Waals surface area contributed by atoms with E-state index in [0.29, 0.717) is 24.3 Å². The van der Waals surface area contributed by atoms with Crippen LogP contribution in [0.3, 0.4) is 0 Å². The average molecular weight is 293 g/mol. The van der Waals surface area contributed by atoms with Gasteiger partial charge < -0.3 is 15.4 Å². The van der Waals surface area contributed by atoms with E-state index in [1.165, 1.54) is 6.07 Å². The molecule has 114 valence electrons. The van der Waals surface area contributed by atoms with Crippen molar-refractivity contribution in [2.45, 2.75) is 44.4 Å². The van der Waals surface area contributed by atoms with Gasteiger partial charge in [0.2, 0.25) is 0 Å². The third-order valence-corrected chi connectivity index (χ3v) is 4.32. The number of aromatic nitrogens is 1. The van der Waals surface area contributed by atoms with Crippen molar-refractivity contribution in [2.24, 2.45) is 5.92 Å². The standard InChI is InChI=1S/C15H20FN3O2/c16-10-4-5-11(17-8-10)9-18-15(20)19-13-2-1-3-14-12(13)6-7-21-14/h4-5,8,12-14H,1-3,6-7,9H2,(H2,18,19,20). The maximum Gasteiger partial charge on any atom is 0.315 e. The second-order valence-corrected chi connectivity index (χ2v) is 5.69. The molecule has 0 bridgehead atoms. The van der Waals surface area contributed by atoms with E-state index in [-0.39, 0.29) is 17.9 Å². The number of rotatable bonds is 3. The number of halogens is 1. The molecule has 0 spiro atoms. The molecule has 3 atom stereocenters. The van der Waals surface area contributed by atoms with E-state index in [9.17, 15) is 9.18 Å². The topological polar surface area (TPSA) is 63.2 Å². The Labute approximate surface area is 123 Å². The SMILES string of the molecule is O=C(NCc1ccc(F)cn1)NC1CCCC2OCCC12. The summed E-state index contributed by atoms with van der Waals surface area (Å²) < 4.78 is 18.4. The van der Waals surface area contributed by atoms with Crippen LogP contribution < -0.4 is 10.6 Å². The lowest BCUT2D eigenvalue weighted by atomic mass is 9.82. The number of nitrogens with one attached hydrogen (secondary N) is 2. The summed E-state index contributed by atoms with van der Waals surface area (Å²) in [6, 6.07) is 2.90. The van der Waals surface area contributed by atoms with Crippen LogP contribution in [-0.2, 0) is 11.3 Å². The largest absolute Gasteiger partial charge is 0.378 e. The molecule has 3 rings (SSSR count). The normalized spacial score (nSPS) is 28.0. The number of carbonyl (C=O) groups is 1. The van der Waals surface area contributed by atoms with Gasteiger partial charge >= 0.3 is 6.03 Å². The Hall–Kier alpha value is -1.69. The summed E-state index contributed by atoms with van der Waals surface area (Å²) in [5.74, 6) is 0.0612. The molecule has 0 aromatic carbocycles. The van der Waals surface area contributed by atoms with Crippen molar-refractivity contribution in [3.05, 3.63) is 29.8 Å². The zero-order chi connectivity index (χ0) is 14.7. The molecular weight excluding hydrogens is 273 g/mol. The van der Waals surface area contributed by atoms with Crippen LogP contribution in [0.25, 0.3) is 0 Å². The highest BCUT2D eigenvalue weighted by atomic mass is 19.1. The predicted molar refractivity (Wildman–Crippen MR) is 75.1 cm³/mol. The molecule has 0 radical (unpaired) electrons. The molecule has 2 amide bonds. The maximum absolute atomic E-state index is 12.7. The molecule has 6 heteroatoms. The summed E-state index contributed by atoms with van der Waals surface area (Å²) in [5, 5.41) is 5.81. The monoisotopic (exact) mass is 293 g/mol. The first kappa shape index (κ1) is 14.3. The van der Waals surface area contributed by atoms with E-state index in [1.807, 2.05) is 0 Å². The van der Waals surface area contributed by atoms with E-state index in [0.717, 1.165) is 38.5 Å². The fourth-order valence-electron chi connectivity index (χ4n) is 3.26. The second kappa shape index (κ2) is 6.39. The summed E-state index contributed by atoms with van der Waals surface area (Å²) in [4.78, 5) is 15.9. The molecule has 2 fully saturated rings. The van der Waals surface area contributed by atoms with E-state index >= 15 is 0 Å². The summed E-state index contributed by atoms with van der Waals surface area (Å²) >= 11 is 0. The minimum absolute atomic E-state index is 0.187. The van der Waals surface area contributed by atoms with Crippen LogP contribution in [0.15, 0.2) is 18.3 Å². The van der Waals surface area contributed by atoms with Crippen LogP contribution in [0, 0.1) is 11.7 Å². The number of amides is 2. The van der Waals surface area contributed by atoms with E-state index in [4.69, 9.17) is 4.74 Å². The molecule has 1 aromatic heterocycles. The second-order valence-electron chi connectivity index (χ2n) is 5.69. The molecule has 1 aliphatic heterocycles. The Morgan fingerprint density at radius 3 is 3.10 bits per heavy atom. The molecule has 2 N–H and O–H groups in total. The van der Waals surface area contributed by atoms with Gasteiger partial charge in [0.1, 0.15) is 5.82 Å². The van der Waals surface area contributed by atoms with E-state index in [1.54, 1.807) is 6.07 Å². The fraction of sp³-hybridized carbons (Fsp3) is 0.600. The Morgan fingerprint density at radius 1 is 1.38 bits per heavy atom. The lowest BCUT2D eigenvalue weighted by Gasteiger charge is -2.33. The van der Waals surface area contributed by atoms with Gasteiger partial charge in [0.25, 0.3) is 0 Å². The van der Waals surface area contributed by atoms with E-state index in [2.05, 4.69) is 15.6 Å². The van der Waals surface area contributed by atoms with E-state index < -0.39 is 0 Å². The number of pyridine rings is 1. The molecule has 2 heterocycles. The van der Waals surface area contributed by atoms with Crippen molar-refractivity contribution in [3.63, 3.8) is 0 Å². The van der Waals surface area contributed by atoms with Gasteiger partial charge in [-0.05, 0) is 37.8 Å². The van der Waals surface area contributed by atoms with Gasteiger partial charge in [-0.15, -0.1) is 0 Å². The van der Waals surface area contributed by atoms with Crippen molar-refractivity contribution in [1.29, 1.82) is 0 Å². The third-order valence-electron chi connectivity index (χ3n) is 4.32. The van der Waals surface area contributed by atoms with Gasteiger partial charge in [-0.1, -0.05) is 0 Å². The number of ether oxygens (including phenoxy) is 1. The van der Waals surface area contributed by atoms with Crippen LogP contribution in [0.1, 0.15) is 31.4 Å². The third kappa shape index (κ3) is 3.50. The number of urea groups is 1. The Bertz CT molecular complexity index is 494. The Kier molecular flexibility index (Phi) is 4.34. The molecule has 1 aliphatic carbocycles. The van der Waals surface area contributed by atoms with Crippen LogP contribution in [0.2, 0.25) is 0 Å². The summed E-state index contributed by atoms with van der Waals surface area (Å²) in [5.41, 5.74) is 0.636. The number of carbonyl (C=O) groups excluding carboxylic acids is 1. The average Bonchev–Trinajstić information content (AvgIpc) is 2.96. The van der Waals surface area contributed by atoms with Crippen molar-refractivity contribution in [3.8, 4) is 0 Å². The highest BCUT2D eigenvalue weighted by Gasteiger charge is 2.38. The number of hydrogen-bond donors (Lipinski definition) is 2. The van der Waals surface area contributed by atoms with Gasteiger partial charge in [0.15, 0.2) is 0 Å². The first-order chi connectivity index (χ1) is 10.2. The van der Waals surface area contributed by atoms with Gasteiger partial charge in [0.05, 0.1) is 24.5 Å². The lowest BCUT2D eigenvalue weighted by Crippen LogP contribution is -2.49. The summed E-state index contributed by atoms with van der Waals surface area (Å²) in [6.45, 7) is 1.10. The van der Waals surface area contributed by atoms with Gasteiger partial charge in [-0.3, -0.25) is 4.98 Å². The quantitative estimate of drug-likeness (QED) is 0.895. The Morgan fingerprint density at radius 2 is 2.29 bits per heavy atom. The van der Waals surface area contributed by atoms with Gasteiger partial charge in [-0.2, -0.15) is 0 Å². The smallest absolute Gasteiger partial charge is 0.315 e. The molecule has 1 saturated carbocycles. The summed E-state index contributed by atoms with van der Waals surface area (Å²) in [6.07, 6.45) is 5.68. The zero-order valence-electron chi connectivity index (χ0n) is 11.8. The lowest BCUT2D eigenvalue weighted by molar-refractivity contribution is 0.0549.